The van der Waals surface area contributed by atoms with Gasteiger partial charge in [0.2, 0.25) is 0 Å². The molecule has 0 aromatic carbocycles. The van der Waals surface area contributed by atoms with E-state index in [1.54, 1.807) is 0 Å². The van der Waals surface area contributed by atoms with Crippen LogP contribution in [0.15, 0.2) is 0 Å². The van der Waals surface area contributed by atoms with Gasteiger partial charge in [0, 0.05) is 0 Å². The molecule has 1 aliphatic rings. The van der Waals surface area contributed by atoms with Crippen LogP contribution in [0.4, 0.5) is 0 Å². The summed E-state index contributed by atoms with van der Waals surface area (Å²) in [5.74, 6) is 0. The zero-order valence-corrected chi connectivity index (χ0v) is 9.66. The van der Waals surface area contributed by atoms with Gasteiger partial charge in [0.1, 0.15) is 0 Å². The van der Waals surface area contributed by atoms with Gasteiger partial charge < -0.3 is 0 Å². The number of hydrogen-bond acceptors (Lipinski definition) is 0. The highest BCUT2D eigenvalue weighted by Crippen LogP contribution is 2.15. The molecule has 0 saturated heterocycles. The van der Waals surface area contributed by atoms with E-state index in [0.29, 0.717) is 0 Å². The quantitative estimate of drug-likeness (QED) is 0.511. The van der Waals surface area contributed by atoms with Crippen molar-refractivity contribution in [2.45, 2.75) is 79.1 Å². The molecule has 0 nitrogen and oxygen atoms in total. The summed E-state index contributed by atoms with van der Waals surface area (Å²) in [7, 11) is 0. The summed E-state index contributed by atoms with van der Waals surface area (Å²) in [5.41, 5.74) is 0. The van der Waals surface area contributed by atoms with Gasteiger partial charge in [-0.25, -0.2) is 0 Å². The van der Waals surface area contributed by atoms with Crippen LogP contribution in [0, 0.1) is 0 Å². The summed E-state index contributed by atoms with van der Waals surface area (Å²) in [6.45, 7) is 8.36. The molecular formula is C12H28. The maximum atomic E-state index is 2.18. The number of hydrogen-bond donors (Lipinski definition) is 0. The second-order valence-electron chi connectivity index (χ2n) is 3.12. The normalized spacial score (nSPS) is 15.0. The summed E-state index contributed by atoms with van der Waals surface area (Å²) in [6.07, 6.45) is 11.6. The van der Waals surface area contributed by atoms with Crippen LogP contribution in [0.5, 0.6) is 0 Å². The van der Waals surface area contributed by atoms with Crippen LogP contribution >= 0.6 is 0 Å². The predicted molar refractivity (Wildman–Crippen MR) is 59.6 cm³/mol. The van der Waals surface area contributed by atoms with Crippen molar-refractivity contribution in [2.24, 2.45) is 0 Å². The largest absolute Gasteiger partial charge is 0.0683 e. The maximum absolute atomic E-state index is 2.18. The van der Waals surface area contributed by atoms with Gasteiger partial charge in [-0.05, 0) is 0 Å². The minimum absolute atomic E-state index is 1.32. The van der Waals surface area contributed by atoms with Gasteiger partial charge in [-0.15, -0.1) is 0 Å². The molecule has 1 saturated carbocycles. The van der Waals surface area contributed by atoms with Crippen LogP contribution in [0.25, 0.3) is 0 Å². The van der Waals surface area contributed by atoms with Crippen LogP contribution in [-0.4, -0.2) is 0 Å². The summed E-state index contributed by atoms with van der Waals surface area (Å²) < 4.78 is 0. The molecule has 1 fully saturated rings. The van der Waals surface area contributed by atoms with Gasteiger partial charge in [0.05, 0.1) is 0 Å². The Bertz CT molecular complexity index is 30.5. The number of unbranched alkanes of at least 4 members (excludes halogenated alkanes) is 1. The molecule has 0 aromatic heterocycles. The van der Waals surface area contributed by atoms with Crippen LogP contribution in [0.1, 0.15) is 79.1 Å². The first-order valence-corrected chi connectivity index (χ1v) is 5.91. The Labute approximate surface area is 79.8 Å². The van der Waals surface area contributed by atoms with Gasteiger partial charge in [0.15, 0.2) is 0 Å². The van der Waals surface area contributed by atoms with E-state index in [4.69, 9.17) is 0 Å². The fourth-order valence-corrected chi connectivity index (χ4v) is 1.06. The lowest BCUT2D eigenvalue weighted by molar-refractivity contribution is 0.504. The highest BCUT2D eigenvalue weighted by atomic mass is 14.0. The van der Waals surface area contributed by atoms with Crippen molar-refractivity contribution in [3.63, 3.8) is 0 Å². The van der Waals surface area contributed by atoms with Gasteiger partial charge >= 0.3 is 0 Å². The van der Waals surface area contributed by atoms with Gasteiger partial charge in [-0.1, -0.05) is 79.1 Å². The molecule has 12 heavy (non-hydrogen) atoms. The molecule has 0 atom stereocenters. The first kappa shape index (κ1) is 14.5. The topological polar surface area (TPSA) is 0 Å². The number of rotatable bonds is 1. The van der Waals surface area contributed by atoms with E-state index in [9.17, 15) is 0 Å². The second kappa shape index (κ2) is 17.2. The second-order valence-corrected chi connectivity index (χ2v) is 3.12. The van der Waals surface area contributed by atoms with Gasteiger partial charge in [0.25, 0.3) is 0 Å². The SMILES string of the molecule is C1CCCCC1.CC.CCCC. The van der Waals surface area contributed by atoms with Crippen molar-refractivity contribution < 1.29 is 0 Å². The molecule has 0 spiro atoms. The first-order chi connectivity index (χ1) is 5.91. The highest BCUT2D eigenvalue weighted by molar-refractivity contribution is 4.51. The molecule has 0 aromatic rings. The van der Waals surface area contributed by atoms with E-state index >= 15 is 0 Å². The molecule has 0 aliphatic heterocycles. The summed E-state index contributed by atoms with van der Waals surface area (Å²) in [4.78, 5) is 0. The fourth-order valence-electron chi connectivity index (χ4n) is 1.06. The molecule has 0 amide bonds. The first-order valence-electron chi connectivity index (χ1n) is 5.91. The Morgan fingerprint density at radius 2 is 0.750 bits per heavy atom. The Kier molecular flexibility index (Phi) is 20.8. The molecular weight excluding hydrogens is 144 g/mol. The molecule has 1 rings (SSSR count). The van der Waals surface area contributed by atoms with Crippen molar-refractivity contribution in [1.29, 1.82) is 0 Å². The lowest BCUT2D eigenvalue weighted by atomic mass is 10.0. The van der Waals surface area contributed by atoms with E-state index in [1.165, 1.54) is 51.4 Å². The van der Waals surface area contributed by atoms with E-state index in [-0.39, 0.29) is 0 Å². The van der Waals surface area contributed by atoms with Crippen molar-refractivity contribution in [1.82, 2.24) is 0 Å². The Hall–Kier alpha value is 0. The monoisotopic (exact) mass is 172 g/mol. The van der Waals surface area contributed by atoms with E-state index in [1.807, 2.05) is 13.8 Å². The van der Waals surface area contributed by atoms with Crippen molar-refractivity contribution in [3.8, 4) is 0 Å². The average molecular weight is 172 g/mol. The smallest absolute Gasteiger partial charge is 0.0533 e. The Balaban J connectivity index is 0. The van der Waals surface area contributed by atoms with Gasteiger partial charge in [-0.2, -0.15) is 0 Å². The zero-order valence-electron chi connectivity index (χ0n) is 9.66. The maximum Gasteiger partial charge on any atom is -0.0533 e. The lowest BCUT2D eigenvalue weighted by Crippen LogP contribution is -1.85. The lowest BCUT2D eigenvalue weighted by Gasteiger charge is -2.05. The molecule has 0 unspecified atom stereocenters. The molecule has 0 heterocycles. The molecule has 0 radical (unpaired) electrons. The minimum Gasteiger partial charge on any atom is -0.0683 e. The third kappa shape index (κ3) is 16.5. The minimum atomic E-state index is 1.32. The van der Waals surface area contributed by atoms with E-state index in [2.05, 4.69) is 13.8 Å². The summed E-state index contributed by atoms with van der Waals surface area (Å²) in [5, 5.41) is 0. The van der Waals surface area contributed by atoms with E-state index in [0.717, 1.165) is 0 Å². The van der Waals surface area contributed by atoms with E-state index < -0.39 is 0 Å². The highest BCUT2D eigenvalue weighted by Gasteiger charge is 1.95. The summed E-state index contributed by atoms with van der Waals surface area (Å²) >= 11 is 0. The third-order valence-electron chi connectivity index (χ3n) is 2.00. The van der Waals surface area contributed by atoms with Crippen LogP contribution in [-0.2, 0) is 0 Å². The Morgan fingerprint density at radius 3 is 0.833 bits per heavy atom. The fraction of sp³-hybridized carbons (Fsp3) is 1.00. The standard InChI is InChI=1S/C6H12.C4H10.C2H6/c1-2-4-6-5-3-1;1-3-4-2;1-2/h1-6H2;3-4H2,1-2H3;1-2H3. The Morgan fingerprint density at radius 1 is 0.583 bits per heavy atom. The molecule has 0 N–H and O–H groups in total. The molecule has 0 heteroatoms. The molecule has 76 valence electrons. The predicted octanol–water partition coefficient (Wildman–Crippen LogP) is 5.17. The zero-order chi connectivity index (χ0) is 9.66. The van der Waals surface area contributed by atoms with Crippen molar-refractivity contribution in [3.05, 3.63) is 0 Å². The summed E-state index contributed by atoms with van der Waals surface area (Å²) in [6, 6.07) is 0. The third-order valence-corrected chi connectivity index (χ3v) is 2.00. The van der Waals surface area contributed by atoms with Crippen LogP contribution in [0.2, 0.25) is 0 Å². The van der Waals surface area contributed by atoms with Crippen molar-refractivity contribution >= 4 is 0 Å². The average Bonchev–Trinajstić information content (AvgIpc) is 2.24. The van der Waals surface area contributed by atoms with Crippen LogP contribution in [0.3, 0.4) is 0 Å². The molecule has 1 aliphatic carbocycles. The van der Waals surface area contributed by atoms with Crippen molar-refractivity contribution in [2.75, 3.05) is 0 Å². The molecule has 0 bridgehead atoms. The van der Waals surface area contributed by atoms with Gasteiger partial charge in [-0.3, -0.25) is 0 Å². The van der Waals surface area contributed by atoms with Crippen LogP contribution < -0.4 is 0 Å².